The molecule has 1 N–H and O–H groups in total. The fourth-order valence-corrected chi connectivity index (χ4v) is 3.56. The van der Waals surface area contributed by atoms with Crippen molar-refractivity contribution in [1.29, 1.82) is 0 Å². The molecular weight excluding hydrogens is 324 g/mol. The zero-order chi connectivity index (χ0) is 18.8. The normalized spacial score (nSPS) is 12.2. The fraction of sp³-hybridized carbons (Fsp3) is 0.273. The maximum absolute atomic E-state index is 12.9. The summed E-state index contributed by atoms with van der Waals surface area (Å²) in [6.45, 7) is 7.90. The molecule has 1 heterocycles. The van der Waals surface area contributed by atoms with E-state index in [4.69, 9.17) is 0 Å². The van der Waals surface area contributed by atoms with Crippen LogP contribution in [-0.2, 0) is 4.79 Å². The van der Waals surface area contributed by atoms with Crippen LogP contribution in [-0.4, -0.2) is 10.5 Å². The standard InChI is InChI=1S/C22H24N2O2/c1-5-19(22(26)23-17-9-7-6-8-10-17)24-20(25)13-15(3)18-12-14(2)11-16(4)21(18)24/h6-13,19H,5H2,1-4H3,(H,23,26). The monoisotopic (exact) mass is 348 g/mol. The number of hydrogen-bond donors (Lipinski definition) is 1. The number of carbonyl (C=O) groups excluding carboxylic acids is 1. The molecule has 1 atom stereocenters. The highest BCUT2D eigenvalue weighted by Crippen LogP contribution is 2.26. The Kier molecular flexibility index (Phi) is 4.94. The summed E-state index contributed by atoms with van der Waals surface area (Å²) < 4.78 is 1.65. The quantitative estimate of drug-likeness (QED) is 0.754. The smallest absolute Gasteiger partial charge is 0.252 e. The number of nitrogens with one attached hydrogen (secondary N) is 1. The number of aromatic nitrogens is 1. The van der Waals surface area contributed by atoms with E-state index >= 15 is 0 Å². The number of para-hydroxylation sites is 1. The van der Waals surface area contributed by atoms with Gasteiger partial charge in [0, 0.05) is 17.1 Å². The van der Waals surface area contributed by atoms with Crippen molar-refractivity contribution in [2.45, 2.75) is 40.2 Å². The third-order valence-electron chi connectivity index (χ3n) is 4.73. The summed E-state index contributed by atoms with van der Waals surface area (Å²) in [5.74, 6) is -0.175. The van der Waals surface area contributed by atoms with Crippen LogP contribution in [0.5, 0.6) is 0 Å². The number of fused-ring (bicyclic) bond motifs is 1. The summed E-state index contributed by atoms with van der Waals surface area (Å²) in [6.07, 6.45) is 0.532. The number of hydrogen-bond acceptors (Lipinski definition) is 2. The van der Waals surface area contributed by atoms with E-state index < -0.39 is 6.04 Å². The maximum atomic E-state index is 12.9. The summed E-state index contributed by atoms with van der Waals surface area (Å²) in [5, 5.41) is 3.95. The number of rotatable bonds is 4. The highest BCUT2D eigenvalue weighted by atomic mass is 16.2. The Balaban J connectivity index is 2.16. The Hall–Kier alpha value is -2.88. The minimum atomic E-state index is -0.563. The first-order chi connectivity index (χ1) is 12.4. The van der Waals surface area contributed by atoms with Crippen molar-refractivity contribution in [1.82, 2.24) is 4.57 Å². The number of pyridine rings is 1. The molecule has 2 aromatic carbocycles. The largest absolute Gasteiger partial charge is 0.324 e. The molecule has 0 spiro atoms. The molecule has 1 amide bonds. The number of anilines is 1. The first kappa shape index (κ1) is 17.9. The van der Waals surface area contributed by atoms with Gasteiger partial charge < -0.3 is 5.32 Å². The van der Waals surface area contributed by atoms with Gasteiger partial charge in [-0.1, -0.05) is 36.8 Å². The molecule has 3 rings (SSSR count). The average molecular weight is 348 g/mol. The number of carbonyl (C=O) groups is 1. The topological polar surface area (TPSA) is 51.1 Å². The molecule has 3 aromatic rings. The Morgan fingerprint density at radius 2 is 1.73 bits per heavy atom. The van der Waals surface area contributed by atoms with Gasteiger partial charge in [-0.15, -0.1) is 0 Å². The van der Waals surface area contributed by atoms with E-state index in [1.165, 1.54) is 0 Å². The molecule has 1 aromatic heterocycles. The lowest BCUT2D eigenvalue weighted by Gasteiger charge is -2.22. The average Bonchev–Trinajstić information content (AvgIpc) is 2.59. The summed E-state index contributed by atoms with van der Waals surface area (Å²) in [7, 11) is 0. The second-order valence-electron chi connectivity index (χ2n) is 6.79. The van der Waals surface area contributed by atoms with E-state index in [0.29, 0.717) is 6.42 Å². The highest BCUT2D eigenvalue weighted by Gasteiger charge is 2.23. The number of benzene rings is 2. The molecule has 0 radical (unpaired) electrons. The lowest BCUT2D eigenvalue weighted by molar-refractivity contribution is -0.119. The van der Waals surface area contributed by atoms with Crippen molar-refractivity contribution in [3.05, 3.63) is 75.6 Å². The fourth-order valence-electron chi connectivity index (χ4n) is 3.56. The van der Waals surface area contributed by atoms with E-state index in [1.807, 2.05) is 58.0 Å². The molecule has 0 aliphatic rings. The van der Waals surface area contributed by atoms with Gasteiger partial charge in [0.15, 0.2) is 0 Å². The van der Waals surface area contributed by atoms with Crippen LogP contribution in [0.3, 0.4) is 0 Å². The minimum Gasteiger partial charge on any atom is -0.324 e. The third kappa shape index (κ3) is 3.27. The van der Waals surface area contributed by atoms with Crippen LogP contribution in [0.4, 0.5) is 5.69 Å². The van der Waals surface area contributed by atoms with Crippen LogP contribution in [0.15, 0.2) is 53.3 Å². The molecule has 4 heteroatoms. The Morgan fingerprint density at radius 3 is 2.38 bits per heavy atom. The van der Waals surface area contributed by atoms with Gasteiger partial charge >= 0.3 is 0 Å². The molecule has 4 nitrogen and oxygen atoms in total. The molecule has 134 valence electrons. The van der Waals surface area contributed by atoms with E-state index in [1.54, 1.807) is 10.6 Å². The summed E-state index contributed by atoms with van der Waals surface area (Å²) in [6, 6.07) is 14.5. The van der Waals surface area contributed by atoms with Crippen molar-refractivity contribution in [2.24, 2.45) is 0 Å². The predicted molar refractivity (Wildman–Crippen MR) is 107 cm³/mol. The zero-order valence-corrected chi connectivity index (χ0v) is 15.7. The molecular formula is C22H24N2O2. The predicted octanol–water partition coefficient (Wildman–Crippen LogP) is 4.52. The minimum absolute atomic E-state index is 0.142. The van der Waals surface area contributed by atoms with Crippen LogP contribution in [0, 0.1) is 20.8 Å². The van der Waals surface area contributed by atoms with Gasteiger partial charge in [-0.25, -0.2) is 0 Å². The molecule has 0 aliphatic carbocycles. The van der Waals surface area contributed by atoms with Crippen molar-refractivity contribution >= 4 is 22.5 Å². The van der Waals surface area contributed by atoms with Gasteiger partial charge in [0.2, 0.25) is 5.91 Å². The van der Waals surface area contributed by atoms with E-state index in [9.17, 15) is 9.59 Å². The SMILES string of the molecule is CCC(C(=O)Nc1ccccc1)n1c(=O)cc(C)c2cc(C)cc(C)c21. The van der Waals surface area contributed by atoms with Crippen LogP contribution in [0.25, 0.3) is 10.9 Å². The van der Waals surface area contributed by atoms with Gasteiger partial charge in [0.25, 0.3) is 5.56 Å². The van der Waals surface area contributed by atoms with Gasteiger partial charge in [-0.3, -0.25) is 14.2 Å². The molecule has 0 aliphatic heterocycles. The van der Waals surface area contributed by atoms with E-state index in [-0.39, 0.29) is 11.5 Å². The molecule has 0 saturated carbocycles. The second kappa shape index (κ2) is 7.16. The lowest BCUT2D eigenvalue weighted by atomic mass is 10.0. The van der Waals surface area contributed by atoms with Crippen LogP contribution >= 0.6 is 0 Å². The lowest BCUT2D eigenvalue weighted by Crippen LogP contribution is -2.33. The van der Waals surface area contributed by atoms with E-state index in [0.717, 1.165) is 33.3 Å². The first-order valence-electron chi connectivity index (χ1n) is 8.91. The summed E-state index contributed by atoms with van der Waals surface area (Å²) in [4.78, 5) is 25.8. The molecule has 26 heavy (non-hydrogen) atoms. The number of nitrogens with zero attached hydrogens (tertiary/aromatic N) is 1. The first-order valence-corrected chi connectivity index (χ1v) is 8.91. The van der Waals surface area contributed by atoms with Gasteiger partial charge in [-0.2, -0.15) is 0 Å². The van der Waals surface area contributed by atoms with Crippen molar-refractivity contribution in [3.63, 3.8) is 0 Å². The van der Waals surface area contributed by atoms with Crippen molar-refractivity contribution in [3.8, 4) is 0 Å². The summed E-state index contributed by atoms with van der Waals surface area (Å²) in [5.41, 5.74) is 4.52. The number of aryl methyl sites for hydroxylation is 3. The summed E-state index contributed by atoms with van der Waals surface area (Å²) >= 11 is 0. The van der Waals surface area contributed by atoms with Crippen molar-refractivity contribution < 1.29 is 4.79 Å². The molecule has 0 bridgehead atoms. The van der Waals surface area contributed by atoms with Crippen molar-refractivity contribution in [2.75, 3.05) is 5.32 Å². The molecule has 1 unspecified atom stereocenters. The van der Waals surface area contributed by atoms with E-state index in [2.05, 4.69) is 17.4 Å². The van der Waals surface area contributed by atoms with Gasteiger partial charge in [0.05, 0.1) is 5.52 Å². The number of amides is 1. The van der Waals surface area contributed by atoms with Gasteiger partial charge in [0.1, 0.15) is 6.04 Å². The second-order valence-corrected chi connectivity index (χ2v) is 6.79. The zero-order valence-electron chi connectivity index (χ0n) is 15.7. The van der Waals surface area contributed by atoms with Crippen LogP contribution in [0.2, 0.25) is 0 Å². The third-order valence-corrected chi connectivity index (χ3v) is 4.73. The van der Waals surface area contributed by atoms with Crippen LogP contribution in [0.1, 0.15) is 36.1 Å². The molecule has 0 saturated heterocycles. The molecule has 0 fully saturated rings. The highest BCUT2D eigenvalue weighted by molar-refractivity contribution is 5.95. The Bertz CT molecular complexity index is 1020. The maximum Gasteiger partial charge on any atom is 0.252 e. The Morgan fingerprint density at radius 1 is 1.04 bits per heavy atom. The van der Waals surface area contributed by atoms with Gasteiger partial charge in [-0.05, 0) is 56.5 Å². The van der Waals surface area contributed by atoms with Crippen LogP contribution < -0.4 is 10.9 Å². The Labute approximate surface area is 153 Å².